The summed E-state index contributed by atoms with van der Waals surface area (Å²) in [5, 5.41) is 6.27. The smallest absolute Gasteiger partial charge is 0.246 e. The van der Waals surface area contributed by atoms with Gasteiger partial charge in [-0.05, 0) is 73.6 Å². The van der Waals surface area contributed by atoms with Crippen molar-refractivity contribution < 1.29 is 4.79 Å². The molecule has 1 aliphatic rings. The molecule has 1 aliphatic carbocycles. The van der Waals surface area contributed by atoms with Gasteiger partial charge in [0.1, 0.15) is 6.04 Å². The number of nitrogens with one attached hydrogen (secondary N) is 2. The topological polar surface area (TPSA) is 41.1 Å². The van der Waals surface area contributed by atoms with Crippen molar-refractivity contribution in [1.82, 2.24) is 0 Å². The third kappa shape index (κ3) is 3.73. The summed E-state index contributed by atoms with van der Waals surface area (Å²) >= 11 is 0. The summed E-state index contributed by atoms with van der Waals surface area (Å²) in [4.78, 5) is 12.3. The van der Waals surface area contributed by atoms with Crippen molar-refractivity contribution in [2.75, 3.05) is 10.6 Å². The molecule has 2 aromatic rings. The van der Waals surface area contributed by atoms with E-state index >= 15 is 0 Å². The van der Waals surface area contributed by atoms with Crippen LogP contribution in [0.25, 0.3) is 0 Å². The predicted molar refractivity (Wildman–Crippen MR) is 96.0 cm³/mol. The lowest BCUT2D eigenvalue weighted by molar-refractivity contribution is -0.116. The van der Waals surface area contributed by atoms with Gasteiger partial charge in [-0.25, -0.2) is 0 Å². The van der Waals surface area contributed by atoms with E-state index in [0.29, 0.717) is 0 Å². The van der Waals surface area contributed by atoms with E-state index in [1.54, 1.807) is 0 Å². The highest BCUT2D eigenvalue weighted by molar-refractivity contribution is 5.96. The van der Waals surface area contributed by atoms with E-state index in [9.17, 15) is 4.79 Å². The number of carbonyl (C=O) groups is 1. The first-order valence-electron chi connectivity index (χ1n) is 8.44. The number of hydrogen-bond donors (Lipinski definition) is 2. The summed E-state index contributed by atoms with van der Waals surface area (Å²) in [6.07, 6.45) is 4.57. The van der Waals surface area contributed by atoms with E-state index in [2.05, 4.69) is 35.8 Å². The Morgan fingerprint density at radius 1 is 1.04 bits per heavy atom. The zero-order valence-corrected chi connectivity index (χ0v) is 13.9. The quantitative estimate of drug-likeness (QED) is 0.870. The fraction of sp³-hybridized carbons (Fsp3) is 0.350. The number of anilines is 2. The first-order valence-corrected chi connectivity index (χ1v) is 8.44. The Morgan fingerprint density at radius 2 is 1.74 bits per heavy atom. The summed E-state index contributed by atoms with van der Waals surface area (Å²) in [6.45, 7) is 4.01. The lowest BCUT2D eigenvalue weighted by atomic mass is 10.1. The van der Waals surface area contributed by atoms with Crippen molar-refractivity contribution in [3.05, 3.63) is 59.2 Å². The average molecular weight is 308 g/mol. The van der Waals surface area contributed by atoms with Crippen LogP contribution in [0.5, 0.6) is 0 Å². The Balaban J connectivity index is 1.60. The van der Waals surface area contributed by atoms with Crippen molar-refractivity contribution in [3.63, 3.8) is 0 Å². The molecule has 3 heteroatoms. The summed E-state index contributed by atoms with van der Waals surface area (Å²) in [5.74, 6) is -0.0188. The van der Waals surface area contributed by atoms with Crippen LogP contribution in [0, 0.1) is 0 Å². The number of fused-ring (bicyclic) bond motifs is 1. The number of amides is 1. The number of hydrogen-bond acceptors (Lipinski definition) is 2. The van der Waals surface area contributed by atoms with E-state index in [1.807, 2.05) is 31.2 Å². The van der Waals surface area contributed by atoms with Gasteiger partial charge in [-0.2, -0.15) is 0 Å². The molecule has 0 aromatic heterocycles. The second kappa shape index (κ2) is 6.86. The molecule has 0 aliphatic heterocycles. The van der Waals surface area contributed by atoms with Crippen LogP contribution in [0.15, 0.2) is 42.5 Å². The van der Waals surface area contributed by atoms with Gasteiger partial charge in [-0.15, -0.1) is 0 Å². The largest absolute Gasteiger partial charge is 0.374 e. The zero-order chi connectivity index (χ0) is 16.2. The Kier molecular flexibility index (Phi) is 4.65. The summed E-state index contributed by atoms with van der Waals surface area (Å²) < 4.78 is 0. The molecule has 0 spiro atoms. The maximum absolute atomic E-state index is 12.3. The van der Waals surface area contributed by atoms with Crippen LogP contribution >= 0.6 is 0 Å². The zero-order valence-electron chi connectivity index (χ0n) is 13.9. The monoisotopic (exact) mass is 308 g/mol. The summed E-state index contributed by atoms with van der Waals surface area (Å²) in [7, 11) is 0. The SMILES string of the molecule is CCc1ccc(NC(=O)[C@H](C)Nc2ccc3c(c2)CCC3)cc1. The Hall–Kier alpha value is -2.29. The lowest BCUT2D eigenvalue weighted by Gasteiger charge is -2.16. The number of carbonyl (C=O) groups excluding carboxylic acids is 1. The molecule has 120 valence electrons. The normalized spacial score (nSPS) is 14.2. The van der Waals surface area contributed by atoms with Crippen LogP contribution < -0.4 is 10.6 Å². The Bertz CT molecular complexity index is 691. The molecule has 2 N–H and O–H groups in total. The summed E-state index contributed by atoms with van der Waals surface area (Å²) in [6, 6.07) is 14.2. The number of aryl methyl sites for hydroxylation is 3. The van der Waals surface area contributed by atoms with Crippen LogP contribution in [0.3, 0.4) is 0 Å². The molecule has 23 heavy (non-hydrogen) atoms. The molecule has 0 fully saturated rings. The third-order valence-corrected chi connectivity index (χ3v) is 4.50. The van der Waals surface area contributed by atoms with Crippen molar-refractivity contribution in [3.8, 4) is 0 Å². The Labute approximate surface area is 138 Å². The molecule has 1 atom stereocenters. The highest BCUT2D eigenvalue weighted by Crippen LogP contribution is 2.25. The molecule has 3 nitrogen and oxygen atoms in total. The Morgan fingerprint density at radius 3 is 2.48 bits per heavy atom. The lowest BCUT2D eigenvalue weighted by Crippen LogP contribution is -2.31. The second-order valence-electron chi connectivity index (χ2n) is 6.24. The van der Waals surface area contributed by atoms with Gasteiger partial charge >= 0.3 is 0 Å². The first-order chi connectivity index (χ1) is 11.2. The average Bonchev–Trinajstić information content (AvgIpc) is 3.03. The molecular formula is C20H24N2O. The molecule has 0 saturated heterocycles. The molecule has 0 radical (unpaired) electrons. The highest BCUT2D eigenvalue weighted by Gasteiger charge is 2.15. The van der Waals surface area contributed by atoms with E-state index in [-0.39, 0.29) is 11.9 Å². The molecular weight excluding hydrogens is 284 g/mol. The van der Waals surface area contributed by atoms with Crippen molar-refractivity contribution in [1.29, 1.82) is 0 Å². The minimum atomic E-state index is -0.277. The van der Waals surface area contributed by atoms with Gasteiger partial charge in [0, 0.05) is 11.4 Å². The maximum Gasteiger partial charge on any atom is 0.246 e. The summed E-state index contributed by atoms with van der Waals surface area (Å²) in [5.41, 5.74) is 6.00. The van der Waals surface area contributed by atoms with Gasteiger partial charge in [-0.3, -0.25) is 4.79 Å². The van der Waals surface area contributed by atoms with Crippen molar-refractivity contribution in [2.24, 2.45) is 0 Å². The molecule has 1 amide bonds. The van der Waals surface area contributed by atoms with Crippen molar-refractivity contribution in [2.45, 2.75) is 45.6 Å². The first kappa shape index (κ1) is 15.6. The van der Waals surface area contributed by atoms with Gasteiger partial charge in [0.25, 0.3) is 0 Å². The molecule has 0 unspecified atom stereocenters. The van der Waals surface area contributed by atoms with Crippen LogP contribution in [0.4, 0.5) is 11.4 Å². The fourth-order valence-electron chi connectivity index (χ4n) is 3.05. The second-order valence-corrected chi connectivity index (χ2v) is 6.24. The minimum Gasteiger partial charge on any atom is -0.374 e. The molecule has 2 aromatic carbocycles. The van der Waals surface area contributed by atoms with Gasteiger partial charge in [-0.1, -0.05) is 25.1 Å². The maximum atomic E-state index is 12.3. The van der Waals surface area contributed by atoms with E-state index in [0.717, 1.165) is 24.2 Å². The predicted octanol–water partition coefficient (Wildman–Crippen LogP) is 4.18. The van der Waals surface area contributed by atoms with Crippen LogP contribution in [-0.4, -0.2) is 11.9 Å². The van der Waals surface area contributed by atoms with Crippen molar-refractivity contribution >= 4 is 17.3 Å². The minimum absolute atomic E-state index is 0.0188. The number of rotatable bonds is 5. The number of benzene rings is 2. The third-order valence-electron chi connectivity index (χ3n) is 4.50. The van der Waals surface area contributed by atoms with E-state index in [1.165, 1.54) is 29.5 Å². The molecule has 0 saturated carbocycles. The fourth-order valence-corrected chi connectivity index (χ4v) is 3.05. The van der Waals surface area contributed by atoms with Crippen LogP contribution in [0.2, 0.25) is 0 Å². The van der Waals surface area contributed by atoms with Gasteiger partial charge in [0.05, 0.1) is 0 Å². The highest BCUT2D eigenvalue weighted by atomic mass is 16.2. The van der Waals surface area contributed by atoms with Crippen LogP contribution in [-0.2, 0) is 24.1 Å². The molecule has 3 rings (SSSR count). The molecule has 0 bridgehead atoms. The van der Waals surface area contributed by atoms with Gasteiger partial charge in [0.15, 0.2) is 0 Å². The van der Waals surface area contributed by atoms with E-state index in [4.69, 9.17) is 0 Å². The standard InChI is InChI=1S/C20H24N2O/c1-3-15-7-10-18(11-8-15)22-20(23)14(2)21-19-12-9-16-5-4-6-17(16)13-19/h7-14,21H,3-6H2,1-2H3,(H,22,23)/t14-/m0/s1. The molecule has 0 heterocycles. The van der Waals surface area contributed by atoms with Crippen LogP contribution in [0.1, 0.15) is 37.0 Å². The van der Waals surface area contributed by atoms with Gasteiger partial charge in [0.2, 0.25) is 5.91 Å². The van der Waals surface area contributed by atoms with Gasteiger partial charge < -0.3 is 10.6 Å². The van der Waals surface area contributed by atoms with E-state index < -0.39 is 0 Å².